The van der Waals surface area contributed by atoms with Crippen LogP contribution >= 0.6 is 0 Å². The highest BCUT2D eigenvalue weighted by atomic mass is 16.5. The van der Waals surface area contributed by atoms with Crippen LogP contribution in [0.5, 0.6) is 0 Å². The van der Waals surface area contributed by atoms with E-state index < -0.39 is 5.97 Å². The molecule has 3 heterocycles. The summed E-state index contributed by atoms with van der Waals surface area (Å²) in [6.07, 6.45) is 6.88. The normalized spacial score (nSPS) is 15.6. The molecule has 4 aromatic rings. The fourth-order valence-corrected chi connectivity index (χ4v) is 7.25. The van der Waals surface area contributed by atoms with Gasteiger partial charge < -0.3 is 19.6 Å². The Morgan fingerprint density at radius 1 is 0.661 bits per heavy atom. The van der Waals surface area contributed by atoms with Crippen LogP contribution in [-0.4, -0.2) is 78.4 Å². The van der Waals surface area contributed by atoms with Crippen molar-refractivity contribution in [2.24, 2.45) is 0 Å². The first-order valence-corrected chi connectivity index (χ1v) is 19.2. The number of rotatable bonds is 6. The van der Waals surface area contributed by atoms with Crippen molar-refractivity contribution in [2.75, 3.05) is 39.4 Å². The lowest BCUT2D eigenvalue weighted by Gasteiger charge is -2.32. The number of carboxylic acids is 1. The van der Waals surface area contributed by atoms with E-state index in [2.05, 4.69) is 12.1 Å². The summed E-state index contributed by atoms with van der Waals surface area (Å²) >= 11 is 0. The number of nitrogens with zero attached hydrogens (tertiary/aromatic N) is 4. The summed E-state index contributed by atoms with van der Waals surface area (Å²) in [5.41, 5.74) is 7.00. The molecule has 288 valence electrons. The minimum atomic E-state index is -1.02. The predicted octanol–water partition coefficient (Wildman–Crippen LogP) is 8.08. The summed E-state index contributed by atoms with van der Waals surface area (Å²) in [6.45, 7) is 8.27. The van der Waals surface area contributed by atoms with Gasteiger partial charge in [-0.1, -0.05) is 36.4 Å². The maximum absolute atomic E-state index is 12.7. The van der Waals surface area contributed by atoms with Gasteiger partial charge in [-0.05, 0) is 135 Å². The molecule has 1 N–H and O–H groups in total. The van der Waals surface area contributed by atoms with E-state index in [1.807, 2.05) is 66.4 Å². The molecule has 0 atom stereocenters. The summed E-state index contributed by atoms with van der Waals surface area (Å²) in [5.74, 6) is -0.358. The molecular formula is C46H48N4O6. The zero-order chi connectivity index (χ0) is 40.0. The van der Waals surface area contributed by atoms with Crippen LogP contribution in [0.4, 0.5) is 0 Å². The molecule has 10 nitrogen and oxygen atoms in total. The molecule has 4 aromatic carbocycles. The molecule has 3 aliphatic rings. The zero-order valence-corrected chi connectivity index (χ0v) is 32.1. The summed E-state index contributed by atoms with van der Waals surface area (Å²) in [4.78, 5) is 51.4. The third-order valence-electron chi connectivity index (χ3n) is 10.8. The summed E-state index contributed by atoms with van der Waals surface area (Å²) in [6, 6.07) is 29.7. The van der Waals surface area contributed by atoms with Crippen molar-refractivity contribution in [1.82, 2.24) is 9.80 Å². The second-order valence-electron chi connectivity index (χ2n) is 14.4. The molecule has 7 rings (SSSR count). The third kappa shape index (κ3) is 10.8. The lowest BCUT2D eigenvalue weighted by Crippen LogP contribution is -2.38. The topological polar surface area (TPSA) is 152 Å². The van der Waals surface area contributed by atoms with Crippen molar-refractivity contribution in [3.05, 3.63) is 141 Å². The van der Waals surface area contributed by atoms with Crippen molar-refractivity contribution in [3.63, 3.8) is 0 Å². The average molecular weight is 753 g/mol. The third-order valence-corrected chi connectivity index (χ3v) is 10.8. The van der Waals surface area contributed by atoms with Gasteiger partial charge in [0.2, 0.25) is 0 Å². The Morgan fingerprint density at radius 3 is 1.46 bits per heavy atom. The number of carbonyl (C=O) groups is 4. The van der Waals surface area contributed by atoms with E-state index >= 15 is 0 Å². The van der Waals surface area contributed by atoms with Crippen molar-refractivity contribution in [1.29, 1.82) is 10.5 Å². The van der Waals surface area contributed by atoms with E-state index in [0.29, 0.717) is 71.4 Å². The molecule has 0 aromatic heterocycles. The summed E-state index contributed by atoms with van der Waals surface area (Å²) in [7, 11) is 0. The number of piperidine rings is 2. The van der Waals surface area contributed by atoms with E-state index in [4.69, 9.17) is 15.3 Å². The molecular weight excluding hydrogens is 705 g/mol. The minimum absolute atomic E-state index is 0.0126. The molecule has 0 radical (unpaired) electrons. The van der Waals surface area contributed by atoms with Crippen molar-refractivity contribution >= 4 is 24.1 Å². The van der Waals surface area contributed by atoms with Crippen LogP contribution < -0.4 is 0 Å². The van der Waals surface area contributed by atoms with Crippen LogP contribution in [0.2, 0.25) is 0 Å². The smallest absolute Gasteiger partial charge is 0.335 e. The van der Waals surface area contributed by atoms with Gasteiger partial charge in [0.1, 0.15) is 6.29 Å². The second-order valence-corrected chi connectivity index (χ2v) is 14.4. The van der Waals surface area contributed by atoms with Crippen LogP contribution in [0.25, 0.3) is 0 Å². The Bertz CT molecular complexity index is 2070. The van der Waals surface area contributed by atoms with E-state index in [1.54, 1.807) is 36.1 Å². The van der Waals surface area contributed by atoms with Crippen LogP contribution in [-0.2, 0) is 4.74 Å². The number of carbonyl (C=O) groups excluding carboxylic acids is 3. The first-order chi connectivity index (χ1) is 27.1. The van der Waals surface area contributed by atoms with Gasteiger partial charge in [0.25, 0.3) is 11.8 Å². The van der Waals surface area contributed by atoms with Crippen molar-refractivity contribution in [3.8, 4) is 12.1 Å². The first-order valence-electron chi connectivity index (χ1n) is 19.2. The molecule has 0 saturated carbocycles. The van der Waals surface area contributed by atoms with Crippen LogP contribution in [0.15, 0.2) is 84.9 Å². The Labute approximate surface area is 328 Å². The molecule has 56 heavy (non-hydrogen) atoms. The maximum Gasteiger partial charge on any atom is 0.335 e. The molecule has 0 aliphatic carbocycles. The number of carboxylic acid groups (broad SMARTS) is 1. The van der Waals surface area contributed by atoms with Crippen LogP contribution in [0, 0.1) is 36.5 Å². The zero-order valence-electron chi connectivity index (χ0n) is 32.1. The fourth-order valence-electron chi connectivity index (χ4n) is 7.25. The number of benzene rings is 4. The molecule has 10 heteroatoms. The van der Waals surface area contributed by atoms with E-state index in [0.717, 1.165) is 50.7 Å². The standard InChI is InChI=1S/C21H20N2O3.C21H20N2O2.C4H8O/c1-14-2-5-18(12-19(14)21(25)26)20(24)23-10-8-17(9-11-23)16-6-3-15(13-22)4-7-16;1-15-2-5-19(12-20(15)14-24)21(25)23-10-8-18(9-11-23)17-6-3-16(13-22)4-7-17;1-2-4-5-3-1/h2-7,12,17H,8-11H2,1H3,(H,25,26);2-7,12,14,18H,8-11H2,1H3;1-4H2. The highest BCUT2D eigenvalue weighted by Crippen LogP contribution is 2.30. The number of aldehydes is 1. The van der Waals surface area contributed by atoms with Crippen LogP contribution in [0.3, 0.4) is 0 Å². The van der Waals surface area contributed by atoms with Gasteiger partial charge in [0.05, 0.1) is 28.8 Å². The number of ether oxygens (including phenoxy) is 1. The summed E-state index contributed by atoms with van der Waals surface area (Å²) < 4.78 is 4.94. The molecule has 3 fully saturated rings. The van der Waals surface area contributed by atoms with Gasteiger partial charge in [-0.2, -0.15) is 10.5 Å². The lowest BCUT2D eigenvalue weighted by atomic mass is 9.89. The Hall–Kier alpha value is -6.10. The molecule has 3 aliphatic heterocycles. The minimum Gasteiger partial charge on any atom is -0.478 e. The maximum atomic E-state index is 12.7. The van der Waals surface area contributed by atoms with Crippen LogP contribution in [0.1, 0.15) is 125 Å². The first kappa shape index (κ1) is 41.1. The van der Waals surface area contributed by atoms with Crippen molar-refractivity contribution < 1.29 is 29.0 Å². The largest absolute Gasteiger partial charge is 0.478 e. The van der Waals surface area contributed by atoms with Gasteiger partial charge >= 0.3 is 5.97 Å². The van der Waals surface area contributed by atoms with E-state index in [9.17, 15) is 24.3 Å². The second kappa shape index (κ2) is 20.0. The monoisotopic (exact) mass is 752 g/mol. The highest BCUT2D eigenvalue weighted by Gasteiger charge is 2.26. The molecule has 3 saturated heterocycles. The van der Waals surface area contributed by atoms with E-state index in [-0.39, 0.29) is 17.4 Å². The van der Waals surface area contributed by atoms with Gasteiger partial charge in [-0.3, -0.25) is 14.4 Å². The Kier molecular flexibility index (Phi) is 14.7. The van der Waals surface area contributed by atoms with Gasteiger partial charge in [-0.25, -0.2) is 4.79 Å². The number of aryl methyl sites for hydroxylation is 2. The molecule has 0 spiro atoms. The Morgan fingerprint density at radius 2 is 1.09 bits per heavy atom. The number of likely N-dealkylation sites (tertiary alicyclic amines) is 2. The molecule has 0 unspecified atom stereocenters. The number of amides is 2. The van der Waals surface area contributed by atoms with Gasteiger partial charge in [-0.15, -0.1) is 0 Å². The Balaban J connectivity index is 0.000000190. The van der Waals surface area contributed by atoms with Gasteiger partial charge in [0.15, 0.2) is 0 Å². The number of hydrogen-bond donors (Lipinski definition) is 1. The lowest BCUT2D eigenvalue weighted by molar-refractivity contribution is 0.0691. The number of hydrogen-bond acceptors (Lipinski definition) is 7. The summed E-state index contributed by atoms with van der Waals surface area (Å²) in [5, 5.41) is 27.0. The highest BCUT2D eigenvalue weighted by molar-refractivity contribution is 5.98. The predicted molar refractivity (Wildman–Crippen MR) is 213 cm³/mol. The quantitative estimate of drug-likeness (QED) is 0.194. The average Bonchev–Trinajstić information content (AvgIpc) is 3.85. The SMILES string of the molecule is C1CCOC1.Cc1ccc(C(=O)N2CCC(c3ccc(C#N)cc3)CC2)cc1C(=O)O.Cc1ccc(C(=O)N2CCC(c3ccc(C#N)cc3)CC2)cc1C=O. The number of aromatic carboxylic acids is 1. The molecule has 0 bridgehead atoms. The van der Waals surface area contributed by atoms with E-state index in [1.165, 1.54) is 30.0 Å². The van der Waals surface area contributed by atoms with Crippen molar-refractivity contribution in [2.45, 2.75) is 64.2 Å². The van der Waals surface area contributed by atoms with Gasteiger partial charge in [0, 0.05) is 56.1 Å². The number of nitriles is 2. The fraction of sp³-hybridized carbons (Fsp3) is 0.348. The molecule has 2 amide bonds.